The number of fused-ring (bicyclic) bond motifs is 1. The number of ether oxygens (including phenoxy) is 1. The molecule has 1 unspecified atom stereocenters. The van der Waals surface area contributed by atoms with E-state index in [2.05, 4.69) is 62.9 Å². The Bertz CT molecular complexity index is 409. The first-order valence-electron chi connectivity index (χ1n) is 5.82. The molecule has 2 rings (SSSR count). The molecule has 94 valence electrons. The highest BCUT2D eigenvalue weighted by Crippen LogP contribution is 2.33. The molecule has 17 heavy (non-hydrogen) atoms. The van der Waals surface area contributed by atoms with Gasteiger partial charge in [-0.05, 0) is 31.7 Å². The van der Waals surface area contributed by atoms with E-state index < -0.39 is 0 Å². The van der Waals surface area contributed by atoms with Crippen LogP contribution in [0.3, 0.4) is 0 Å². The smallest absolute Gasteiger partial charge is 0.127 e. The zero-order valence-corrected chi connectivity index (χ0v) is 13.3. The number of hydrogen-bond acceptors (Lipinski definition) is 2. The van der Waals surface area contributed by atoms with Gasteiger partial charge in [0.25, 0.3) is 0 Å². The second-order valence-electron chi connectivity index (χ2n) is 4.57. The van der Waals surface area contributed by atoms with Crippen molar-refractivity contribution in [3.8, 4) is 5.75 Å². The van der Waals surface area contributed by atoms with Crippen LogP contribution in [-0.4, -0.2) is 29.9 Å². The van der Waals surface area contributed by atoms with Crippen LogP contribution in [0, 0.1) is 0 Å². The maximum absolute atomic E-state index is 5.74. The van der Waals surface area contributed by atoms with Gasteiger partial charge in [-0.2, -0.15) is 0 Å². The van der Waals surface area contributed by atoms with Gasteiger partial charge >= 0.3 is 0 Å². The number of nitrogens with zero attached hydrogens (tertiary/aromatic N) is 1. The number of halogens is 2. The third-order valence-electron chi connectivity index (χ3n) is 3.22. The summed E-state index contributed by atoms with van der Waals surface area (Å²) in [5.74, 6) is 1.10. The highest BCUT2D eigenvalue weighted by atomic mass is 79.9. The van der Waals surface area contributed by atoms with Crippen LogP contribution in [-0.2, 0) is 13.0 Å². The van der Waals surface area contributed by atoms with Crippen molar-refractivity contribution in [3.63, 3.8) is 0 Å². The Morgan fingerprint density at radius 3 is 2.94 bits per heavy atom. The van der Waals surface area contributed by atoms with Crippen molar-refractivity contribution >= 4 is 31.9 Å². The van der Waals surface area contributed by atoms with E-state index in [-0.39, 0.29) is 0 Å². The van der Waals surface area contributed by atoms with E-state index in [0.29, 0.717) is 6.04 Å². The summed E-state index contributed by atoms with van der Waals surface area (Å²) in [5, 5.41) is 0.987. The molecule has 1 atom stereocenters. The highest BCUT2D eigenvalue weighted by Gasteiger charge is 2.19. The molecular formula is C13H17Br2NO. The first kappa shape index (κ1) is 13.4. The van der Waals surface area contributed by atoms with E-state index in [4.69, 9.17) is 4.74 Å². The molecule has 1 aliphatic rings. The Hall–Kier alpha value is -0.0600. The molecule has 2 nitrogen and oxygen atoms in total. The summed E-state index contributed by atoms with van der Waals surface area (Å²) in [6.07, 6.45) is 1.03. The minimum Gasteiger partial charge on any atom is -0.493 e. The largest absolute Gasteiger partial charge is 0.493 e. The molecule has 1 aromatic carbocycles. The van der Waals surface area contributed by atoms with Crippen LogP contribution in [0.25, 0.3) is 0 Å². The maximum Gasteiger partial charge on any atom is 0.127 e. The number of hydrogen-bond donors (Lipinski definition) is 0. The van der Waals surface area contributed by atoms with Crippen LogP contribution in [0.5, 0.6) is 5.75 Å². The third-order valence-corrected chi connectivity index (χ3v) is 4.62. The summed E-state index contributed by atoms with van der Waals surface area (Å²) in [5.41, 5.74) is 2.61. The third kappa shape index (κ3) is 3.04. The standard InChI is InChI=1S/C13H17Br2NO/c1-9(7-14)16(2)8-11-6-12(15)5-10-3-4-17-13(10)11/h5-6,9H,3-4,7-8H2,1-2H3. The first-order chi connectivity index (χ1) is 8.11. The lowest BCUT2D eigenvalue weighted by atomic mass is 10.1. The van der Waals surface area contributed by atoms with Crippen molar-refractivity contribution < 1.29 is 4.74 Å². The predicted molar refractivity (Wildman–Crippen MR) is 78.1 cm³/mol. The second-order valence-corrected chi connectivity index (χ2v) is 6.13. The van der Waals surface area contributed by atoms with Crippen LogP contribution < -0.4 is 4.74 Å². The molecule has 0 saturated heterocycles. The number of alkyl halides is 1. The monoisotopic (exact) mass is 361 g/mol. The average Bonchev–Trinajstić information content (AvgIpc) is 2.75. The minimum atomic E-state index is 0.519. The van der Waals surface area contributed by atoms with Gasteiger partial charge in [0, 0.05) is 34.4 Å². The summed E-state index contributed by atoms with van der Waals surface area (Å²) in [6, 6.07) is 4.85. The van der Waals surface area contributed by atoms with Gasteiger partial charge in [0.05, 0.1) is 6.61 Å². The van der Waals surface area contributed by atoms with E-state index in [0.717, 1.165) is 35.1 Å². The summed E-state index contributed by atoms with van der Waals surface area (Å²) < 4.78 is 6.89. The maximum atomic E-state index is 5.74. The molecule has 0 N–H and O–H groups in total. The zero-order valence-electron chi connectivity index (χ0n) is 10.2. The quantitative estimate of drug-likeness (QED) is 0.759. The topological polar surface area (TPSA) is 12.5 Å². The van der Waals surface area contributed by atoms with Crippen LogP contribution in [0.15, 0.2) is 16.6 Å². The highest BCUT2D eigenvalue weighted by molar-refractivity contribution is 9.10. The molecule has 0 saturated carbocycles. The molecule has 0 amide bonds. The van der Waals surface area contributed by atoms with E-state index >= 15 is 0 Å². The molecule has 1 heterocycles. The summed E-state index contributed by atoms with van der Waals surface area (Å²) >= 11 is 7.10. The van der Waals surface area contributed by atoms with Gasteiger partial charge in [-0.3, -0.25) is 4.90 Å². The fourth-order valence-corrected chi connectivity index (χ4v) is 3.05. The molecular weight excluding hydrogens is 346 g/mol. The van der Waals surface area contributed by atoms with Gasteiger partial charge in [0.1, 0.15) is 5.75 Å². The zero-order chi connectivity index (χ0) is 12.4. The normalized spacial score (nSPS) is 15.8. The van der Waals surface area contributed by atoms with Gasteiger partial charge < -0.3 is 4.74 Å². The molecule has 0 spiro atoms. The first-order valence-corrected chi connectivity index (χ1v) is 7.73. The average molecular weight is 363 g/mol. The number of rotatable bonds is 4. The second kappa shape index (κ2) is 5.72. The lowest BCUT2D eigenvalue weighted by Crippen LogP contribution is -2.29. The van der Waals surface area contributed by atoms with Crippen molar-refractivity contribution in [3.05, 3.63) is 27.7 Å². The molecule has 0 aliphatic carbocycles. The van der Waals surface area contributed by atoms with Crippen molar-refractivity contribution in [1.29, 1.82) is 0 Å². The van der Waals surface area contributed by atoms with Gasteiger partial charge in [0.2, 0.25) is 0 Å². The Morgan fingerprint density at radius 1 is 1.47 bits per heavy atom. The van der Waals surface area contributed by atoms with Crippen molar-refractivity contribution in [2.75, 3.05) is 19.0 Å². The van der Waals surface area contributed by atoms with Crippen LogP contribution in [0.1, 0.15) is 18.1 Å². The van der Waals surface area contributed by atoms with Gasteiger partial charge in [-0.1, -0.05) is 31.9 Å². The Balaban J connectivity index is 2.21. The SMILES string of the molecule is CC(CBr)N(C)Cc1cc(Br)cc2c1OCC2. The summed E-state index contributed by atoms with van der Waals surface area (Å²) in [7, 11) is 2.15. The molecule has 4 heteroatoms. The number of benzene rings is 1. The van der Waals surface area contributed by atoms with Gasteiger partial charge in [-0.25, -0.2) is 0 Å². The lowest BCUT2D eigenvalue weighted by Gasteiger charge is -2.23. The van der Waals surface area contributed by atoms with E-state index in [9.17, 15) is 0 Å². The molecule has 1 aromatic rings. The Morgan fingerprint density at radius 2 is 2.24 bits per heavy atom. The molecule has 0 radical (unpaired) electrons. The van der Waals surface area contributed by atoms with Crippen LogP contribution in [0.4, 0.5) is 0 Å². The van der Waals surface area contributed by atoms with Gasteiger partial charge in [-0.15, -0.1) is 0 Å². The van der Waals surface area contributed by atoms with E-state index in [1.54, 1.807) is 0 Å². The molecule has 1 aliphatic heterocycles. The summed E-state index contributed by atoms with van der Waals surface area (Å²) in [4.78, 5) is 2.33. The van der Waals surface area contributed by atoms with Gasteiger partial charge in [0.15, 0.2) is 0 Å². The molecule has 0 aromatic heterocycles. The van der Waals surface area contributed by atoms with Crippen LogP contribution in [0.2, 0.25) is 0 Å². The Labute approximate surface area is 120 Å². The van der Waals surface area contributed by atoms with E-state index in [1.165, 1.54) is 11.1 Å². The molecule has 0 bridgehead atoms. The summed E-state index contributed by atoms with van der Waals surface area (Å²) in [6.45, 7) is 3.96. The van der Waals surface area contributed by atoms with Crippen molar-refractivity contribution in [2.45, 2.75) is 25.9 Å². The Kier molecular flexibility index (Phi) is 4.50. The minimum absolute atomic E-state index is 0.519. The van der Waals surface area contributed by atoms with Crippen molar-refractivity contribution in [1.82, 2.24) is 4.90 Å². The fourth-order valence-electron chi connectivity index (χ4n) is 2.01. The molecule has 0 fully saturated rings. The van der Waals surface area contributed by atoms with Crippen molar-refractivity contribution in [2.24, 2.45) is 0 Å². The van der Waals surface area contributed by atoms with Crippen LogP contribution >= 0.6 is 31.9 Å². The predicted octanol–water partition coefficient (Wildman–Crippen LogP) is 3.60. The lowest BCUT2D eigenvalue weighted by molar-refractivity contribution is 0.264. The fraction of sp³-hybridized carbons (Fsp3) is 0.538. The van der Waals surface area contributed by atoms with E-state index in [1.807, 2.05) is 0 Å².